The number of halogens is 2. The van der Waals surface area contributed by atoms with E-state index in [1.54, 1.807) is 18.2 Å². The van der Waals surface area contributed by atoms with Crippen molar-refractivity contribution < 1.29 is 33.0 Å². The lowest BCUT2D eigenvalue weighted by Gasteiger charge is -2.35. The average Bonchev–Trinajstić information content (AvgIpc) is 3.51. The van der Waals surface area contributed by atoms with Crippen molar-refractivity contribution in [1.29, 1.82) is 0 Å². The SMILES string of the molecule is CC(C)(CN)CC(C)(C)CC(=O)N(CC1CN(c2ccc(N3CCOCC3=O)cc2F)C(=O)O1)C(=O)c1ccc(Cl)s1. The van der Waals surface area contributed by atoms with Gasteiger partial charge in [-0.15, -0.1) is 11.3 Å². The van der Waals surface area contributed by atoms with E-state index in [0.29, 0.717) is 36.1 Å². The molecule has 3 heterocycles. The zero-order valence-corrected chi connectivity index (χ0v) is 25.7. The number of hydrogen-bond acceptors (Lipinski definition) is 8. The van der Waals surface area contributed by atoms with Gasteiger partial charge < -0.3 is 20.1 Å². The Balaban J connectivity index is 1.52. The van der Waals surface area contributed by atoms with Gasteiger partial charge in [-0.1, -0.05) is 39.3 Å². The van der Waals surface area contributed by atoms with Crippen LogP contribution in [0.1, 0.15) is 50.2 Å². The van der Waals surface area contributed by atoms with Crippen LogP contribution in [0.2, 0.25) is 4.34 Å². The van der Waals surface area contributed by atoms with Gasteiger partial charge in [0.25, 0.3) is 11.8 Å². The molecule has 2 saturated heterocycles. The molecule has 4 amide bonds. The van der Waals surface area contributed by atoms with Crippen molar-refractivity contribution in [2.24, 2.45) is 16.6 Å². The molecule has 2 fully saturated rings. The first-order chi connectivity index (χ1) is 19.7. The van der Waals surface area contributed by atoms with Gasteiger partial charge in [-0.05, 0) is 54.1 Å². The summed E-state index contributed by atoms with van der Waals surface area (Å²) >= 11 is 7.10. The van der Waals surface area contributed by atoms with Crippen molar-refractivity contribution in [3.63, 3.8) is 0 Å². The zero-order chi connectivity index (χ0) is 30.8. The van der Waals surface area contributed by atoms with E-state index in [0.717, 1.165) is 21.1 Å². The molecule has 1 unspecified atom stereocenters. The quantitative estimate of drug-likeness (QED) is 0.408. The highest BCUT2D eigenvalue weighted by Crippen LogP contribution is 2.37. The fourth-order valence-corrected chi connectivity index (χ4v) is 6.48. The highest BCUT2D eigenvalue weighted by atomic mass is 35.5. The Kier molecular flexibility index (Phi) is 9.61. The standard InChI is InChI=1S/C29H36ClFN4O6S/c1-28(2,16-29(3,4)17-32)12-24(36)35(26(38)22-7-8-23(30)42-22)14-19-13-34(27(39)41-19)21-6-5-18(11-20(21)31)33-9-10-40-15-25(33)37/h5-8,11,19H,9-10,12-17,32H2,1-4H3. The lowest BCUT2D eigenvalue weighted by Crippen LogP contribution is -2.45. The fourth-order valence-electron chi connectivity index (χ4n) is 5.49. The third-order valence-electron chi connectivity index (χ3n) is 7.25. The van der Waals surface area contributed by atoms with Crippen molar-refractivity contribution in [1.82, 2.24) is 4.90 Å². The van der Waals surface area contributed by atoms with Crippen LogP contribution in [0, 0.1) is 16.6 Å². The molecule has 10 nitrogen and oxygen atoms in total. The number of benzene rings is 1. The first-order valence-corrected chi connectivity index (χ1v) is 14.8. The van der Waals surface area contributed by atoms with Gasteiger partial charge in [-0.3, -0.25) is 24.2 Å². The number of amides is 4. The van der Waals surface area contributed by atoms with Gasteiger partial charge >= 0.3 is 6.09 Å². The molecule has 0 spiro atoms. The van der Waals surface area contributed by atoms with E-state index in [4.69, 9.17) is 26.8 Å². The summed E-state index contributed by atoms with van der Waals surface area (Å²) in [7, 11) is 0. The Morgan fingerprint density at radius 1 is 1.14 bits per heavy atom. The Hall–Kier alpha value is -3.06. The largest absolute Gasteiger partial charge is 0.442 e. The molecule has 2 N–H and O–H groups in total. The zero-order valence-electron chi connectivity index (χ0n) is 24.2. The Bertz CT molecular complexity index is 1370. The smallest absolute Gasteiger partial charge is 0.414 e. The van der Waals surface area contributed by atoms with Crippen LogP contribution in [0.25, 0.3) is 0 Å². The van der Waals surface area contributed by atoms with Crippen molar-refractivity contribution in [3.05, 3.63) is 45.4 Å². The highest BCUT2D eigenvalue weighted by Gasteiger charge is 2.39. The number of morpholine rings is 1. The summed E-state index contributed by atoms with van der Waals surface area (Å²) in [4.78, 5) is 56.0. The van der Waals surface area contributed by atoms with E-state index in [-0.39, 0.29) is 48.0 Å². The normalized spacial score (nSPS) is 17.9. The van der Waals surface area contributed by atoms with Crippen LogP contribution in [-0.4, -0.2) is 74.2 Å². The minimum atomic E-state index is -0.899. The molecule has 228 valence electrons. The van der Waals surface area contributed by atoms with Crippen LogP contribution >= 0.6 is 22.9 Å². The molecular weight excluding hydrogens is 587 g/mol. The fraction of sp³-hybridized carbons (Fsp3) is 0.517. The second-order valence-electron chi connectivity index (χ2n) is 12.1. The summed E-state index contributed by atoms with van der Waals surface area (Å²) < 4.78 is 26.2. The van der Waals surface area contributed by atoms with E-state index in [9.17, 15) is 19.2 Å². The Morgan fingerprint density at radius 2 is 1.88 bits per heavy atom. The summed E-state index contributed by atoms with van der Waals surface area (Å²) in [6.07, 6.45) is -1.00. The van der Waals surface area contributed by atoms with Crippen LogP contribution in [0.15, 0.2) is 30.3 Å². The predicted octanol–water partition coefficient (Wildman–Crippen LogP) is 4.69. The molecule has 0 aliphatic carbocycles. The van der Waals surface area contributed by atoms with Crippen molar-refractivity contribution in [3.8, 4) is 0 Å². The second kappa shape index (κ2) is 12.7. The van der Waals surface area contributed by atoms with E-state index >= 15 is 4.39 Å². The highest BCUT2D eigenvalue weighted by molar-refractivity contribution is 7.18. The number of imide groups is 1. The molecule has 2 aliphatic heterocycles. The van der Waals surface area contributed by atoms with Gasteiger partial charge in [0, 0.05) is 18.7 Å². The van der Waals surface area contributed by atoms with E-state index in [2.05, 4.69) is 0 Å². The van der Waals surface area contributed by atoms with Crippen molar-refractivity contribution in [2.45, 2.75) is 46.6 Å². The maximum Gasteiger partial charge on any atom is 0.414 e. The number of rotatable bonds is 10. The molecular formula is C29H36ClFN4O6S. The molecule has 0 radical (unpaired) electrons. The number of thiophene rings is 1. The first kappa shape index (κ1) is 31.9. The summed E-state index contributed by atoms with van der Waals surface area (Å²) in [6.45, 7) is 8.61. The molecule has 1 atom stereocenters. The second-order valence-corrected chi connectivity index (χ2v) is 13.9. The van der Waals surface area contributed by atoms with E-state index in [1.165, 1.54) is 17.0 Å². The molecule has 0 bridgehead atoms. The Labute approximate surface area is 253 Å². The summed E-state index contributed by atoms with van der Waals surface area (Å²) in [6, 6.07) is 7.25. The lowest BCUT2D eigenvalue weighted by molar-refractivity contribution is -0.132. The van der Waals surface area contributed by atoms with Crippen molar-refractivity contribution in [2.75, 3.05) is 49.2 Å². The van der Waals surface area contributed by atoms with Crippen LogP contribution in [0.3, 0.4) is 0 Å². The molecule has 4 rings (SSSR count). The number of hydrogen-bond donors (Lipinski definition) is 1. The van der Waals surface area contributed by atoms with Gasteiger partial charge in [0.1, 0.15) is 18.5 Å². The minimum absolute atomic E-state index is 0.0358. The molecule has 0 saturated carbocycles. The predicted molar refractivity (Wildman–Crippen MR) is 158 cm³/mol. The van der Waals surface area contributed by atoms with Crippen LogP contribution in [0.5, 0.6) is 0 Å². The molecule has 1 aromatic heterocycles. The summed E-state index contributed by atoms with van der Waals surface area (Å²) in [5, 5.41) is 0. The van der Waals surface area contributed by atoms with Crippen LogP contribution < -0.4 is 15.5 Å². The molecule has 2 aliphatic rings. The lowest BCUT2D eigenvalue weighted by atomic mass is 9.73. The maximum atomic E-state index is 15.2. The first-order valence-electron chi connectivity index (χ1n) is 13.7. The number of anilines is 2. The molecule has 2 aromatic rings. The third-order valence-corrected chi connectivity index (χ3v) is 8.47. The summed E-state index contributed by atoms with van der Waals surface area (Å²) in [5.41, 5.74) is 5.54. The summed E-state index contributed by atoms with van der Waals surface area (Å²) in [5.74, 6) is -1.98. The van der Waals surface area contributed by atoms with Crippen LogP contribution in [0.4, 0.5) is 20.6 Å². The molecule has 13 heteroatoms. The Morgan fingerprint density at radius 3 is 2.50 bits per heavy atom. The van der Waals surface area contributed by atoms with Crippen molar-refractivity contribution >= 4 is 58.1 Å². The molecule has 42 heavy (non-hydrogen) atoms. The molecule has 1 aromatic carbocycles. The van der Waals surface area contributed by atoms with Gasteiger partial charge in [0.15, 0.2) is 0 Å². The number of carbonyl (C=O) groups excluding carboxylic acids is 4. The van der Waals surface area contributed by atoms with E-state index < -0.39 is 35.2 Å². The van der Waals surface area contributed by atoms with Gasteiger partial charge in [0.2, 0.25) is 5.91 Å². The van der Waals surface area contributed by atoms with Gasteiger partial charge in [-0.25, -0.2) is 9.18 Å². The number of ether oxygens (including phenoxy) is 2. The number of cyclic esters (lactones) is 1. The maximum absolute atomic E-state index is 15.2. The minimum Gasteiger partial charge on any atom is -0.442 e. The topological polar surface area (TPSA) is 122 Å². The van der Waals surface area contributed by atoms with E-state index in [1.807, 2.05) is 27.7 Å². The average molecular weight is 623 g/mol. The van der Waals surface area contributed by atoms with Gasteiger partial charge in [0.05, 0.1) is 34.6 Å². The number of nitrogens with two attached hydrogens (primary N) is 1. The van der Waals surface area contributed by atoms with Crippen LogP contribution in [-0.2, 0) is 19.1 Å². The monoisotopic (exact) mass is 622 g/mol. The third kappa shape index (κ3) is 7.47. The number of carbonyl (C=O) groups is 4. The van der Waals surface area contributed by atoms with Gasteiger partial charge in [-0.2, -0.15) is 0 Å². The number of nitrogens with zero attached hydrogens (tertiary/aromatic N) is 3.